The summed E-state index contributed by atoms with van der Waals surface area (Å²) in [4.78, 5) is 11.4. The molecule has 0 heterocycles. The minimum absolute atomic E-state index is 0.341. The molecular formula is C14H20F2N2O3. The zero-order valence-corrected chi connectivity index (χ0v) is 12.2. The van der Waals surface area contributed by atoms with Gasteiger partial charge >= 0.3 is 0 Å². The first kappa shape index (κ1) is 17.3. The van der Waals surface area contributed by atoms with E-state index in [0.717, 1.165) is 0 Å². The second-order valence-corrected chi connectivity index (χ2v) is 4.40. The van der Waals surface area contributed by atoms with Crippen LogP contribution in [0.2, 0.25) is 0 Å². The van der Waals surface area contributed by atoms with Crippen molar-refractivity contribution in [3.63, 3.8) is 0 Å². The van der Waals surface area contributed by atoms with Gasteiger partial charge in [-0.25, -0.2) is 8.78 Å². The van der Waals surface area contributed by atoms with Crippen LogP contribution in [0.1, 0.15) is 12.0 Å². The molecule has 0 radical (unpaired) electrons. The van der Waals surface area contributed by atoms with Crippen LogP contribution in [-0.2, 0) is 16.1 Å². The molecular weight excluding hydrogens is 282 g/mol. The van der Waals surface area contributed by atoms with Crippen molar-refractivity contribution in [2.75, 3.05) is 33.9 Å². The van der Waals surface area contributed by atoms with Crippen LogP contribution in [0.25, 0.3) is 0 Å². The highest BCUT2D eigenvalue weighted by Crippen LogP contribution is 2.23. The Morgan fingerprint density at radius 1 is 1.29 bits per heavy atom. The maximum absolute atomic E-state index is 13.7. The Bertz CT molecular complexity index is 447. The molecule has 21 heavy (non-hydrogen) atoms. The molecule has 0 spiro atoms. The standard InChI is InChI=1S/C14H20F2N2O3/c1-17-8-10-6-11(15)14(12(16)7-10)21-9-13(19)18-4-3-5-20-2/h6-7,17H,3-5,8-9H2,1-2H3,(H,18,19). The van der Waals surface area contributed by atoms with Crippen molar-refractivity contribution in [1.29, 1.82) is 0 Å². The van der Waals surface area contributed by atoms with Crippen molar-refractivity contribution in [2.24, 2.45) is 0 Å². The van der Waals surface area contributed by atoms with Crippen LogP contribution >= 0.6 is 0 Å². The van der Waals surface area contributed by atoms with Crippen LogP contribution < -0.4 is 15.4 Å². The largest absolute Gasteiger partial charge is 0.478 e. The van der Waals surface area contributed by atoms with Crippen LogP contribution in [0.4, 0.5) is 8.78 Å². The molecule has 2 N–H and O–H groups in total. The van der Waals surface area contributed by atoms with Gasteiger partial charge in [0.2, 0.25) is 0 Å². The Morgan fingerprint density at radius 3 is 2.52 bits per heavy atom. The molecule has 1 aromatic carbocycles. The summed E-state index contributed by atoms with van der Waals surface area (Å²) in [5, 5.41) is 5.35. The summed E-state index contributed by atoms with van der Waals surface area (Å²) in [6.07, 6.45) is 0.656. The van der Waals surface area contributed by atoms with E-state index < -0.39 is 29.9 Å². The van der Waals surface area contributed by atoms with Crippen LogP contribution in [0.3, 0.4) is 0 Å². The molecule has 7 heteroatoms. The average Bonchev–Trinajstić information content (AvgIpc) is 2.43. The van der Waals surface area contributed by atoms with E-state index in [4.69, 9.17) is 9.47 Å². The summed E-state index contributed by atoms with van der Waals surface area (Å²) in [5.74, 6) is -2.63. The van der Waals surface area contributed by atoms with Gasteiger partial charge in [-0.15, -0.1) is 0 Å². The predicted octanol–water partition coefficient (Wildman–Crippen LogP) is 1.22. The molecule has 0 aromatic heterocycles. The van der Waals surface area contributed by atoms with Crippen molar-refractivity contribution in [2.45, 2.75) is 13.0 Å². The number of methoxy groups -OCH3 is 1. The van der Waals surface area contributed by atoms with Crippen LogP contribution in [0.5, 0.6) is 5.75 Å². The number of hydrogen-bond acceptors (Lipinski definition) is 4. The zero-order chi connectivity index (χ0) is 15.7. The fourth-order valence-electron chi connectivity index (χ4n) is 1.69. The minimum atomic E-state index is -0.826. The molecule has 0 aliphatic carbocycles. The number of amides is 1. The number of nitrogens with one attached hydrogen (secondary N) is 2. The van der Waals surface area contributed by atoms with Crippen molar-refractivity contribution in [1.82, 2.24) is 10.6 Å². The summed E-state index contributed by atoms with van der Waals surface area (Å²) in [6, 6.07) is 2.34. The number of halogens is 2. The zero-order valence-electron chi connectivity index (χ0n) is 12.2. The summed E-state index contributed by atoms with van der Waals surface area (Å²) < 4.78 is 37.1. The normalized spacial score (nSPS) is 10.5. The summed E-state index contributed by atoms with van der Waals surface area (Å²) in [7, 11) is 3.24. The van der Waals surface area contributed by atoms with Gasteiger partial charge in [0.25, 0.3) is 5.91 Å². The second-order valence-electron chi connectivity index (χ2n) is 4.40. The van der Waals surface area contributed by atoms with Gasteiger partial charge in [-0.05, 0) is 31.2 Å². The first-order valence-corrected chi connectivity index (χ1v) is 6.59. The van der Waals surface area contributed by atoms with E-state index >= 15 is 0 Å². The molecule has 0 saturated heterocycles. The third-order valence-corrected chi connectivity index (χ3v) is 2.63. The van der Waals surface area contributed by atoms with E-state index in [-0.39, 0.29) is 0 Å². The molecule has 0 aliphatic rings. The monoisotopic (exact) mass is 302 g/mol. The fourth-order valence-corrected chi connectivity index (χ4v) is 1.69. The molecule has 0 fully saturated rings. The summed E-state index contributed by atoms with van der Waals surface area (Å²) in [6.45, 7) is 0.847. The fraction of sp³-hybridized carbons (Fsp3) is 0.500. The van der Waals surface area contributed by atoms with Gasteiger partial charge in [0, 0.05) is 26.8 Å². The molecule has 0 aliphatic heterocycles. The van der Waals surface area contributed by atoms with E-state index in [1.807, 2.05) is 0 Å². The molecule has 0 unspecified atom stereocenters. The molecule has 118 valence electrons. The number of ether oxygens (including phenoxy) is 2. The average molecular weight is 302 g/mol. The molecule has 1 rings (SSSR count). The Labute approximate surface area is 122 Å². The van der Waals surface area contributed by atoms with Gasteiger partial charge in [0.05, 0.1) is 0 Å². The highest BCUT2D eigenvalue weighted by Gasteiger charge is 2.14. The molecule has 0 saturated carbocycles. The number of carbonyl (C=O) groups excluding carboxylic acids is 1. The maximum Gasteiger partial charge on any atom is 0.257 e. The number of hydrogen-bond donors (Lipinski definition) is 2. The minimum Gasteiger partial charge on any atom is -0.478 e. The van der Waals surface area contributed by atoms with E-state index in [0.29, 0.717) is 31.7 Å². The van der Waals surface area contributed by atoms with E-state index in [2.05, 4.69) is 10.6 Å². The van der Waals surface area contributed by atoms with Crippen molar-refractivity contribution in [3.05, 3.63) is 29.3 Å². The molecule has 1 amide bonds. The highest BCUT2D eigenvalue weighted by atomic mass is 19.1. The Balaban J connectivity index is 2.49. The van der Waals surface area contributed by atoms with Crippen molar-refractivity contribution >= 4 is 5.91 Å². The third kappa shape index (κ3) is 6.05. The molecule has 1 aromatic rings. The second kappa shape index (κ2) is 9.25. The van der Waals surface area contributed by atoms with Crippen LogP contribution in [0, 0.1) is 11.6 Å². The topological polar surface area (TPSA) is 59.6 Å². The molecule has 5 nitrogen and oxygen atoms in total. The lowest BCUT2D eigenvalue weighted by Gasteiger charge is -2.10. The predicted molar refractivity (Wildman–Crippen MR) is 74.1 cm³/mol. The number of rotatable bonds is 9. The lowest BCUT2D eigenvalue weighted by Crippen LogP contribution is -2.30. The first-order valence-electron chi connectivity index (χ1n) is 6.59. The van der Waals surface area contributed by atoms with Gasteiger partial charge in [-0.1, -0.05) is 0 Å². The Morgan fingerprint density at radius 2 is 1.95 bits per heavy atom. The summed E-state index contributed by atoms with van der Waals surface area (Å²) in [5.41, 5.74) is 0.462. The van der Waals surface area contributed by atoms with Crippen molar-refractivity contribution < 1.29 is 23.0 Å². The van der Waals surface area contributed by atoms with E-state index in [9.17, 15) is 13.6 Å². The SMILES string of the molecule is CNCc1cc(F)c(OCC(=O)NCCCOC)c(F)c1. The molecule has 0 atom stereocenters. The van der Waals surface area contributed by atoms with Gasteiger partial charge < -0.3 is 20.1 Å². The third-order valence-electron chi connectivity index (χ3n) is 2.63. The highest BCUT2D eigenvalue weighted by molar-refractivity contribution is 5.77. The number of benzene rings is 1. The smallest absolute Gasteiger partial charge is 0.257 e. The lowest BCUT2D eigenvalue weighted by atomic mass is 10.2. The van der Waals surface area contributed by atoms with Gasteiger partial charge in [-0.3, -0.25) is 4.79 Å². The van der Waals surface area contributed by atoms with Crippen molar-refractivity contribution in [3.8, 4) is 5.75 Å². The quantitative estimate of drug-likeness (QED) is 0.673. The number of carbonyl (C=O) groups is 1. The van der Waals surface area contributed by atoms with E-state index in [1.165, 1.54) is 12.1 Å². The maximum atomic E-state index is 13.7. The summed E-state index contributed by atoms with van der Waals surface area (Å²) >= 11 is 0. The van der Waals surface area contributed by atoms with E-state index in [1.54, 1.807) is 14.2 Å². The molecule has 0 bridgehead atoms. The van der Waals surface area contributed by atoms with Crippen LogP contribution in [0.15, 0.2) is 12.1 Å². The van der Waals surface area contributed by atoms with Crippen LogP contribution in [-0.4, -0.2) is 39.8 Å². The van der Waals surface area contributed by atoms with Gasteiger partial charge in [0.1, 0.15) is 0 Å². The first-order chi connectivity index (χ1) is 10.1. The Kier molecular flexibility index (Phi) is 7.63. The Hall–Kier alpha value is -1.73. The van der Waals surface area contributed by atoms with Gasteiger partial charge in [0.15, 0.2) is 24.0 Å². The van der Waals surface area contributed by atoms with Gasteiger partial charge in [-0.2, -0.15) is 0 Å². The lowest BCUT2D eigenvalue weighted by molar-refractivity contribution is -0.123.